The number of sulfonamides is 2. The Labute approximate surface area is 143 Å². The van der Waals surface area contributed by atoms with E-state index in [1.54, 1.807) is 0 Å². The number of aryl methyl sites for hydroxylation is 1. The SMILES string of the molecule is Cc1ccc(S(Cl)(=NS(=O)(=O)C(F)(F)F)=NS(=O)(=O)C(F)(F)F)cc1. The van der Waals surface area contributed by atoms with Crippen molar-refractivity contribution in [1.29, 1.82) is 0 Å². The highest BCUT2D eigenvalue weighted by Gasteiger charge is 2.49. The van der Waals surface area contributed by atoms with Crippen LogP contribution in [0.1, 0.15) is 5.56 Å². The first-order valence-electron chi connectivity index (χ1n) is 5.62. The highest BCUT2D eigenvalue weighted by atomic mass is 35.7. The lowest BCUT2D eigenvalue weighted by Crippen LogP contribution is -2.24. The summed E-state index contributed by atoms with van der Waals surface area (Å²) in [5, 5.41) is 0. The molecule has 0 aromatic heterocycles. The van der Waals surface area contributed by atoms with Crippen LogP contribution < -0.4 is 0 Å². The van der Waals surface area contributed by atoms with E-state index in [-0.39, 0.29) is 0 Å². The third-order valence-electron chi connectivity index (χ3n) is 2.30. The van der Waals surface area contributed by atoms with Gasteiger partial charge in [-0.3, -0.25) is 0 Å². The number of hydrogen-bond donors (Lipinski definition) is 0. The van der Waals surface area contributed by atoms with Crippen LogP contribution in [0.5, 0.6) is 0 Å². The van der Waals surface area contributed by atoms with Crippen molar-refractivity contribution in [2.24, 2.45) is 7.54 Å². The van der Waals surface area contributed by atoms with Gasteiger partial charge in [0.2, 0.25) is 0 Å². The van der Waals surface area contributed by atoms with Crippen LogP contribution in [-0.2, 0) is 28.9 Å². The Bertz CT molecular complexity index is 931. The Morgan fingerprint density at radius 3 is 1.40 bits per heavy atom. The third-order valence-corrected chi connectivity index (χ3v) is 9.04. The molecular weight excluding hydrogens is 446 g/mol. The summed E-state index contributed by atoms with van der Waals surface area (Å²) in [6.45, 7) is 1.49. The monoisotopic (exact) mass is 452 g/mol. The van der Waals surface area contributed by atoms with Crippen molar-refractivity contribution in [3.63, 3.8) is 0 Å². The molecule has 0 saturated carbocycles. The van der Waals surface area contributed by atoms with Crippen molar-refractivity contribution in [2.75, 3.05) is 0 Å². The van der Waals surface area contributed by atoms with Gasteiger partial charge in [-0.2, -0.15) is 43.2 Å². The maximum atomic E-state index is 12.5. The molecular formula is C9H7ClF6N2O4S3. The van der Waals surface area contributed by atoms with Crippen LogP contribution in [-0.4, -0.2) is 27.9 Å². The molecule has 0 atom stereocenters. The van der Waals surface area contributed by atoms with Crippen LogP contribution in [0.3, 0.4) is 0 Å². The minimum Gasteiger partial charge on any atom is -0.194 e. The molecule has 0 aliphatic rings. The van der Waals surface area contributed by atoms with E-state index in [0.29, 0.717) is 5.56 Å². The molecule has 0 N–H and O–H groups in total. The Morgan fingerprint density at radius 1 is 0.800 bits per heavy atom. The summed E-state index contributed by atoms with van der Waals surface area (Å²) in [6.07, 6.45) is 0. The average molecular weight is 453 g/mol. The van der Waals surface area contributed by atoms with Crippen molar-refractivity contribution < 1.29 is 43.2 Å². The number of hydrogen-bond acceptors (Lipinski definition) is 4. The van der Waals surface area contributed by atoms with E-state index in [9.17, 15) is 43.2 Å². The second-order valence-electron chi connectivity index (χ2n) is 4.28. The average Bonchev–Trinajstić information content (AvgIpc) is 2.34. The van der Waals surface area contributed by atoms with Gasteiger partial charge in [-0.25, -0.2) is 0 Å². The zero-order valence-electron chi connectivity index (χ0n) is 11.7. The van der Waals surface area contributed by atoms with Crippen LogP contribution in [0.15, 0.2) is 36.7 Å². The Hall–Kier alpha value is -1.06. The van der Waals surface area contributed by atoms with Gasteiger partial charge in [0.25, 0.3) is 0 Å². The Kier molecular flexibility index (Phi) is 5.79. The molecule has 1 aromatic carbocycles. The molecule has 16 heteroatoms. The van der Waals surface area contributed by atoms with Gasteiger partial charge in [-0.05, 0) is 29.7 Å². The maximum absolute atomic E-state index is 12.5. The molecule has 0 heterocycles. The molecule has 0 unspecified atom stereocenters. The van der Waals surface area contributed by atoms with E-state index in [1.165, 1.54) is 6.92 Å². The zero-order chi connectivity index (χ0) is 19.9. The van der Waals surface area contributed by atoms with E-state index in [2.05, 4.69) is 7.54 Å². The molecule has 0 aliphatic heterocycles. The minimum atomic E-state index is -6.43. The summed E-state index contributed by atoms with van der Waals surface area (Å²) in [5.74, 6) is 0. The molecule has 144 valence electrons. The molecule has 0 bridgehead atoms. The fourth-order valence-corrected chi connectivity index (χ4v) is 7.08. The summed E-state index contributed by atoms with van der Waals surface area (Å²) in [5.41, 5.74) is -11.6. The van der Waals surface area contributed by atoms with Crippen molar-refractivity contribution in [3.8, 4) is 0 Å². The van der Waals surface area contributed by atoms with Crippen LogP contribution in [0.4, 0.5) is 26.3 Å². The van der Waals surface area contributed by atoms with Gasteiger partial charge < -0.3 is 0 Å². The van der Waals surface area contributed by atoms with Crippen LogP contribution in [0.25, 0.3) is 0 Å². The second kappa shape index (κ2) is 6.59. The third kappa shape index (κ3) is 4.98. The fraction of sp³-hybridized carbons (Fsp3) is 0.333. The van der Waals surface area contributed by atoms with Gasteiger partial charge in [0.1, 0.15) is 0 Å². The predicted octanol–water partition coefficient (Wildman–Crippen LogP) is 3.73. The number of alkyl halides is 6. The lowest BCUT2D eigenvalue weighted by atomic mass is 10.2. The van der Waals surface area contributed by atoms with Gasteiger partial charge in [0.15, 0.2) is 0 Å². The van der Waals surface area contributed by atoms with E-state index in [0.717, 1.165) is 24.3 Å². The molecule has 0 fully saturated rings. The summed E-state index contributed by atoms with van der Waals surface area (Å²) < 4.78 is 124. The summed E-state index contributed by atoms with van der Waals surface area (Å²) >= 11 is 0. The number of benzene rings is 1. The maximum Gasteiger partial charge on any atom is 0.519 e. The van der Waals surface area contributed by atoms with Crippen molar-refractivity contribution in [1.82, 2.24) is 0 Å². The van der Waals surface area contributed by atoms with Gasteiger partial charge in [-0.1, -0.05) is 17.7 Å². The predicted molar refractivity (Wildman–Crippen MR) is 77.5 cm³/mol. The molecule has 0 spiro atoms. The standard InChI is InChI=1S/C9H7ClF6N2O4S3/c1-6-2-4-7(5-3-6)23(10,17-24(19,20)8(11,12)13)18-25(21,22)9(14,15)16/h2-5H,1H3. The highest BCUT2D eigenvalue weighted by Crippen LogP contribution is 2.34. The highest BCUT2D eigenvalue weighted by molar-refractivity contribution is 8.23. The normalized spacial score (nSPS) is 14.2. The van der Waals surface area contributed by atoms with E-state index in [1.807, 2.05) is 0 Å². The van der Waals surface area contributed by atoms with Crippen molar-refractivity contribution in [2.45, 2.75) is 22.8 Å². The lowest BCUT2D eigenvalue weighted by molar-refractivity contribution is -0.0439. The number of nitrogens with zero attached hydrogens (tertiary/aromatic N) is 2. The largest absolute Gasteiger partial charge is 0.519 e. The molecule has 0 radical (unpaired) electrons. The molecule has 1 aromatic rings. The Morgan fingerprint density at radius 2 is 1.12 bits per heavy atom. The van der Waals surface area contributed by atoms with Crippen LogP contribution in [0, 0.1) is 6.92 Å². The fourth-order valence-electron chi connectivity index (χ4n) is 1.16. The van der Waals surface area contributed by atoms with Gasteiger partial charge in [0, 0.05) is 4.90 Å². The summed E-state index contributed by atoms with van der Waals surface area (Å²) in [7, 11) is -12.2. The quantitative estimate of drug-likeness (QED) is 0.653. The van der Waals surface area contributed by atoms with Gasteiger partial charge in [0.05, 0.1) is 8.83 Å². The van der Waals surface area contributed by atoms with E-state index in [4.69, 9.17) is 10.7 Å². The van der Waals surface area contributed by atoms with Crippen LogP contribution in [0.2, 0.25) is 0 Å². The molecule has 0 amide bonds. The first-order valence-corrected chi connectivity index (χ1v) is 10.9. The smallest absolute Gasteiger partial charge is 0.194 e. The first kappa shape index (κ1) is 22.0. The topological polar surface area (TPSA) is 93.0 Å². The molecule has 6 nitrogen and oxygen atoms in total. The minimum absolute atomic E-state index is 0.472. The Balaban J connectivity index is 3.99. The molecule has 25 heavy (non-hydrogen) atoms. The second-order valence-corrected chi connectivity index (χ2v) is 11.0. The molecule has 1 rings (SSSR count). The van der Waals surface area contributed by atoms with Crippen molar-refractivity contribution >= 4 is 39.6 Å². The lowest BCUT2D eigenvalue weighted by Gasteiger charge is -2.11. The summed E-state index contributed by atoms with van der Waals surface area (Å²) in [4.78, 5) is -0.750. The van der Waals surface area contributed by atoms with Crippen molar-refractivity contribution in [3.05, 3.63) is 29.8 Å². The number of halogens is 7. The molecule has 0 saturated heterocycles. The zero-order valence-corrected chi connectivity index (χ0v) is 14.9. The van der Waals surface area contributed by atoms with Gasteiger partial charge >= 0.3 is 31.1 Å². The van der Waals surface area contributed by atoms with Gasteiger partial charge in [-0.15, -0.1) is 7.54 Å². The molecule has 0 aliphatic carbocycles. The van der Waals surface area contributed by atoms with E-state index >= 15 is 0 Å². The first-order chi connectivity index (χ1) is 10.9. The summed E-state index contributed by atoms with van der Waals surface area (Å²) in [6, 6.07) is 3.93. The van der Waals surface area contributed by atoms with Crippen LogP contribution >= 0.6 is 10.7 Å². The number of rotatable bonds is 3. The van der Waals surface area contributed by atoms with E-state index < -0.39 is 44.8 Å².